The summed E-state index contributed by atoms with van der Waals surface area (Å²) in [5, 5.41) is 11.3. The lowest BCUT2D eigenvalue weighted by molar-refractivity contribution is 0.589. The molecule has 124 valence electrons. The Morgan fingerprint density at radius 3 is 2.23 bits per heavy atom. The van der Waals surface area contributed by atoms with Crippen LogP contribution in [0.5, 0.6) is 0 Å². The molecule has 0 amide bonds. The van der Waals surface area contributed by atoms with E-state index in [0.717, 1.165) is 11.0 Å². The molecule has 0 bridgehead atoms. The minimum atomic E-state index is -0.0202. The molecular formula is C23H17N3. The van der Waals surface area contributed by atoms with Crippen LogP contribution in [-0.2, 0) is 0 Å². The summed E-state index contributed by atoms with van der Waals surface area (Å²) in [5.74, 6) is 0. The van der Waals surface area contributed by atoms with Crippen molar-refractivity contribution < 1.29 is 0 Å². The minimum Gasteiger partial charge on any atom is -0.233 e. The van der Waals surface area contributed by atoms with Gasteiger partial charge in [-0.05, 0) is 40.1 Å². The average Bonchev–Trinajstić information content (AvgIpc) is 3.13. The lowest BCUT2D eigenvalue weighted by Gasteiger charge is -2.19. The average molecular weight is 335 g/mol. The Kier molecular flexibility index (Phi) is 3.49. The molecule has 1 heterocycles. The third-order valence-corrected chi connectivity index (χ3v) is 4.83. The van der Waals surface area contributed by atoms with E-state index in [0.29, 0.717) is 0 Å². The highest BCUT2D eigenvalue weighted by molar-refractivity contribution is 5.83. The molecule has 0 radical (unpaired) electrons. The van der Waals surface area contributed by atoms with Gasteiger partial charge in [-0.2, -0.15) is 0 Å². The SMILES string of the molecule is c1ccc(C(c2ccc3ccccc3c2)n2nnc3ccccc32)cc1. The van der Waals surface area contributed by atoms with Gasteiger partial charge in [0.15, 0.2) is 0 Å². The van der Waals surface area contributed by atoms with Gasteiger partial charge in [-0.1, -0.05) is 84.1 Å². The van der Waals surface area contributed by atoms with Crippen molar-refractivity contribution in [2.75, 3.05) is 0 Å². The Hall–Kier alpha value is -3.46. The molecule has 0 aliphatic carbocycles. The van der Waals surface area contributed by atoms with Gasteiger partial charge in [-0.25, -0.2) is 4.68 Å². The van der Waals surface area contributed by atoms with Crippen LogP contribution in [0, 0.1) is 0 Å². The standard InChI is InChI=1S/C23H17N3/c1-2-9-18(10-3-1)23(26-22-13-7-6-12-21(22)24-25-26)20-15-14-17-8-4-5-11-19(17)16-20/h1-16,23H. The van der Waals surface area contributed by atoms with Gasteiger partial charge in [0, 0.05) is 0 Å². The van der Waals surface area contributed by atoms with Gasteiger partial charge in [0.05, 0.1) is 5.52 Å². The largest absolute Gasteiger partial charge is 0.233 e. The van der Waals surface area contributed by atoms with Crippen LogP contribution in [-0.4, -0.2) is 15.0 Å². The van der Waals surface area contributed by atoms with Gasteiger partial charge in [0.2, 0.25) is 0 Å². The Balaban J connectivity index is 1.76. The summed E-state index contributed by atoms with van der Waals surface area (Å²) in [4.78, 5) is 0. The van der Waals surface area contributed by atoms with Gasteiger partial charge in [0.1, 0.15) is 11.6 Å². The first-order chi connectivity index (χ1) is 12.9. The van der Waals surface area contributed by atoms with Crippen LogP contribution in [0.1, 0.15) is 17.2 Å². The second kappa shape index (κ2) is 6.12. The van der Waals surface area contributed by atoms with E-state index in [1.54, 1.807) is 0 Å². The molecule has 0 saturated heterocycles. The first-order valence-corrected chi connectivity index (χ1v) is 8.74. The fourth-order valence-electron chi connectivity index (χ4n) is 3.57. The van der Waals surface area contributed by atoms with Crippen LogP contribution in [0.3, 0.4) is 0 Å². The van der Waals surface area contributed by atoms with Crippen molar-refractivity contribution in [3.63, 3.8) is 0 Å². The molecular weight excluding hydrogens is 318 g/mol. The lowest BCUT2D eigenvalue weighted by atomic mass is 9.96. The maximum absolute atomic E-state index is 4.50. The highest BCUT2D eigenvalue weighted by Gasteiger charge is 2.20. The number of para-hydroxylation sites is 1. The van der Waals surface area contributed by atoms with Gasteiger partial charge in [-0.3, -0.25) is 0 Å². The molecule has 1 unspecified atom stereocenters. The zero-order chi connectivity index (χ0) is 17.3. The Morgan fingerprint density at radius 1 is 0.615 bits per heavy atom. The van der Waals surface area contributed by atoms with E-state index in [1.165, 1.54) is 21.9 Å². The molecule has 0 spiro atoms. The third-order valence-electron chi connectivity index (χ3n) is 4.83. The molecule has 0 saturated carbocycles. The maximum atomic E-state index is 4.50. The van der Waals surface area contributed by atoms with E-state index in [2.05, 4.69) is 83.1 Å². The van der Waals surface area contributed by atoms with Crippen molar-refractivity contribution in [1.82, 2.24) is 15.0 Å². The quantitative estimate of drug-likeness (QED) is 0.452. The summed E-state index contributed by atoms with van der Waals surface area (Å²) in [6.07, 6.45) is 0. The Bertz CT molecular complexity index is 1190. The van der Waals surface area contributed by atoms with Gasteiger partial charge in [0.25, 0.3) is 0 Å². The highest BCUT2D eigenvalue weighted by atomic mass is 15.4. The number of benzene rings is 4. The van der Waals surface area contributed by atoms with E-state index >= 15 is 0 Å². The summed E-state index contributed by atoms with van der Waals surface area (Å²) in [6.45, 7) is 0. The number of hydrogen-bond acceptors (Lipinski definition) is 2. The molecule has 1 atom stereocenters. The molecule has 3 heteroatoms. The van der Waals surface area contributed by atoms with Crippen LogP contribution in [0.2, 0.25) is 0 Å². The summed E-state index contributed by atoms with van der Waals surface area (Å²) >= 11 is 0. The van der Waals surface area contributed by atoms with Gasteiger partial charge in [-0.15, -0.1) is 5.10 Å². The number of hydrogen-bond donors (Lipinski definition) is 0. The van der Waals surface area contributed by atoms with Crippen LogP contribution in [0.25, 0.3) is 21.8 Å². The summed E-state index contributed by atoms with van der Waals surface area (Å²) in [7, 11) is 0. The molecule has 5 rings (SSSR count). The number of aromatic nitrogens is 3. The number of nitrogens with zero attached hydrogens (tertiary/aromatic N) is 3. The Labute approximate surface area is 151 Å². The third kappa shape index (κ3) is 2.45. The second-order valence-electron chi connectivity index (χ2n) is 6.44. The fraction of sp³-hybridized carbons (Fsp3) is 0.0435. The van der Waals surface area contributed by atoms with Crippen LogP contribution >= 0.6 is 0 Å². The van der Waals surface area contributed by atoms with Crippen molar-refractivity contribution >= 4 is 21.8 Å². The molecule has 0 fully saturated rings. The lowest BCUT2D eigenvalue weighted by Crippen LogP contribution is -2.14. The molecule has 5 aromatic rings. The van der Waals surface area contributed by atoms with E-state index in [-0.39, 0.29) is 6.04 Å². The molecule has 3 nitrogen and oxygen atoms in total. The molecule has 0 aliphatic rings. The molecule has 26 heavy (non-hydrogen) atoms. The van der Waals surface area contributed by atoms with Crippen molar-refractivity contribution in [2.24, 2.45) is 0 Å². The normalized spacial score (nSPS) is 12.5. The van der Waals surface area contributed by atoms with E-state index in [9.17, 15) is 0 Å². The molecule has 0 N–H and O–H groups in total. The minimum absolute atomic E-state index is 0.0202. The van der Waals surface area contributed by atoms with E-state index in [4.69, 9.17) is 0 Å². The first-order valence-electron chi connectivity index (χ1n) is 8.74. The molecule has 4 aromatic carbocycles. The predicted octanol–water partition coefficient (Wildman–Crippen LogP) is 5.22. The topological polar surface area (TPSA) is 30.7 Å². The summed E-state index contributed by atoms with van der Waals surface area (Å²) < 4.78 is 2.02. The van der Waals surface area contributed by atoms with Crippen LogP contribution in [0.15, 0.2) is 97.1 Å². The Morgan fingerprint density at radius 2 is 1.35 bits per heavy atom. The van der Waals surface area contributed by atoms with Crippen LogP contribution < -0.4 is 0 Å². The smallest absolute Gasteiger partial charge is 0.113 e. The van der Waals surface area contributed by atoms with Crippen LogP contribution in [0.4, 0.5) is 0 Å². The first kappa shape index (κ1) is 14.8. The summed E-state index contributed by atoms with van der Waals surface area (Å²) in [6, 6.07) is 33.6. The fourth-order valence-corrected chi connectivity index (χ4v) is 3.57. The number of fused-ring (bicyclic) bond motifs is 2. The van der Waals surface area contributed by atoms with E-state index < -0.39 is 0 Å². The monoisotopic (exact) mass is 335 g/mol. The van der Waals surface area contributed by atoms with Gasteiger partial charge < -0.3 is 0 Å². The van der Waals surface area contributed by atoms with Gasteiger partial charge >= 0.3 is 0 Å². The zero-order valence-electron chi connectivity index (χ0n) is 14.2. The highest BCUT2D eigenvalue weighted by Crippen LogP contribution is 2.30. The number of rotatable bonds is 3. The van der Waals surface area contributed by atoms with Crippen molar-refractivity contribution in [3.8, 4) is 0 Å². The second-order valence-corrected chi connectivity index (χ2v) is 6.44. The molecule has 0 aliphatic heterocycles. The summed E-state index contributed by atoms with van der Waals surface area (Å²) in [5.41, 5.74) is 4.34. The van der Waals surface area contributed by atoms with Crippen molar-refractivity contribution in [3.05, 3.63) is 108 Å². The van der Waals surface area contributed by atoms with Crippen molar-refractivity contribution in [1.29, 1.82) is 0 Å². The molecule has 1 aromatic heterocycles. The predicted molar refractivity (Wildman–Crippen MR) is 105 cm³/mol. The maximum Gasteiger partial charge on any atom is 0.113 e. The van der Waals surface area contributed by atoms with Crippen molar-refractivity contribution in [2.45, 2.75) is 6.04 Å². The van der Waals surface area contributed by atoms with E-state index in [1.807, 2.05) is 28.9 Å². The zero-order valence-corrected chi connectivity index (χ0v) is 14.2.